The zero-order chi connectivity index (χ0) is 13.3. The van der Waals surface area contributed by atoms with Gasteiger partial charge in [0, 0.05) is 18.9 Å². The molecule has 102 valence electrons. The average Bonchev–Trinajstić information content (AvgIpc) is 2.96. The fourth-order valence-corrected chi connectivity index (χ4v) is 2.19. The molecule has 1 atom stereocenters. The summed E-state index contributed by atoms with van der Waals surface area (Å²) >= 11 is 0. The molecule has 1 N–H and O–H groups in total. The van der Waals surface area contributed by atoms with Crippen molar-refractivity contribution in [1.82, 2.24) is 15.1 Å². The largest absolute Gasteiger partial charge is 0.317 e. The Hall–Kier alpha value is -1.61. The number of hydrogen-bond donors (Lipinski definition) is 1. The van der Waals surface area contributed by atoms with Gasteiger partial charge in [0.15, 0.2) is 0 Å². The van der Waals surface area contributed by atoms with Crippen LogP contribution in [0.4, 0.5) is 0 Å². The second-order valence-electron chi connectivity index (χ2n) is 4.97. The van der Waals surface area contributed by atoms with Gasteiger partial charge in [0.25, 0.3) is 0 Å². The maximum Gasteiger partial charge on any atom is 0.0489 e. The Morgan fingerprint density at radius 1 is 1.16 bits per heavy atom. The Bertz CT molecular complexity index is 436. The number of nitrogens with zero attached hydrogens (tertiary/aromatic N) is 2. The fraction of sp³-hybridized carbons (Fsp3) is 0.438. The number of rotatable bonds is 8. The number of aryl methyl sites for hydroxylation is 1. The van der Waals surface area contributed by atoms with E-state index in [1.54, 1.807) is 0 Å². The summed E-state index contributed by atoms with van der Waals surface area (Å²) in [6.45, 7) is 5.42. The lowest BCUT2D eigenvalue weighted by Crippen LogP contribution is -2.19. The molecule has 19 heavy (non-hydrogen) atoms. The Morgan fingerprint density at radius 2 is 2.00 bits per heavy atom. The summed E-state index contributed by atoms with van der Waals surface area (Å²) in [6.07, 6.45) is 6.15. The predicted octanol–water partition coefficient (Wildman–Crippen LogP) is 3.06. The van der Waals surface area contributed by atoms with E-state index in [1.807, 2.05) is 23.1 Å². The molecule has 1 aromatic carbocycles. The third kappa shape index (κ3) is 4.87. The van der Waals surface area contributed by atoms with Crippen LogP contribution in [-0.4, -0.2) is 22.9 Å². The van der Waals surface area contributed by atoms with Gasteiger partial charge in [-0.25, -0.2) is 0 Å². The van der Waals surface area contributed by atoms with E-state index in [0.717, 1.165) is 26.1 Å². The minimum absolute atomic E-state index is 0.625. The van der Waals surface area contributed by atoms with E-state index < -0.39 is 0 Å². The van der Waals surface area contributed by atoms with Gasteiger partial charge < -0.3 is 5.32 Å². The maximum absolute atomic E-state index is 4.19. The molecule has 1 heterocycles. The van der Waals surface area contributed by atoms with Crippen molar-refractivity contribution >= 4 is 0 Å². The van der Waals surface area contributed by atoms with Crippen molar-refractivity contribution in [3.63, 3.8) is 0 Å². The molecule has 2 rings (SSSR count). The average molecular weight is 257 g/mol. The smallest absolute Gasteiger partial charge is 0.0489 e. The molecule has 2 aromatic rings. The number of aromatic nitrogens is 2. The molecule has 0 aliphatic rings. The molecule has 0 spiro atoms. The first kappa shape index (κ1) is 13.8. The minimum atomic E-state index is 0.625. The van der Waals surface area contributed by atoms with Gasteiger partial charge in [0.2, 0.25) is 0 Å². The molecule has 1 aromatic heterocycles. The van der Waals surface area contributed by atoms with Crippen LogP contribution in [0.25, 0.3) is 0 Å². The molecule has 3 nitrogen and oxygen atoms in total. The van der Waals surface area contributed by atoms with E-state index in [1.165, 1.54) is 12.0 Å². The van der Waals surface area contributed by atoms with Crippen molar-refractivity contribution in [1.29, 1.82) is 0 Å². The van der Waals surface area contributed by atoms with Crippen LogP contribution in [0.15, 0.2) is 48.8 Å². The summed E-state index contributed by atoms with van der Waals surface area (Å²) in [5, 5.41) is 7.70. The highest BCUT2D eigenvalue weighted by Crippen LogP contribution is 2.17. The second-order valence-corrected chi connectivity index (χ2v) is 4.97. The normalized spacial score (nSPS) is 12.5. The van der Waals surface area contributed by atoms with Gasteiger partial charge in [-0.2, -0.15) is 5.10 Å². The van der Waals surface area contributed by atoms with Gasteiger partial charge in [0.1, 0.15) is 0 Å². The van der Waals surface area contributed by atoms with E-state index in [-0.39, 0.29) is 0 Å². The molecule has 0 aliphatic carbocycles. The molecule has 0 aliphatic heterocycles. The van der Waals surface area contributed by atoms with E-state index >= 15 is 0 Å². The molecule has 0 saturated heterocycles. The first-order chi connectivity index (χ1) is 9.36. The zero-order valence-corrected chi connectivity index (χ0v) is 11.6. The van der Waals surface area contributed by atoms with E-state index in [9.17, 15) is 0 Å². The quantitative estimate of drug-likeness (QED) is 0.737. The Balaban J connectivity index is 1.54. The van der Waals surface area contributed by atoms with Gasteiger partial charge in [-0.1, -0.05) is 37.3 Å². The van der Waals surface area contributed by atoms with Crippen molar-refractivity contribution in [3.05, 3.63) is 54.4 Å². The molecular weight excluding hydrogens is 234 g/mol. The van der Waals surface area contributed by atoms with Crippen LogP contribution in [-0.2, 0) is 6.54 Å². The van der Waals surface area contributed by atoms with Crippen LogP contribution < -0.4 is 5.32 Å². The Morgan fingerprint density at radius 3 is 2.74 bits per heavy atom. The molecule has 3 heteroatoms. The minimum Gasteiger partial charge on any atom is -0.317 e. The highest BCUT2D eigenvalue weighted by molar-refractivity contribution is 5.18. The van der Waals surface area contributed by atoms with E-state index in [2.05, 4.69) is 47.7 Å². The fourth-order valence-electron chi connectivity index (χ4n) is 2.19. The van der Waals surface area contributed by atoms with Crippen LogP contribution in [0.3, 0.4) is 0 Å². The van der Waals surface area contributed by atoms with Gasteiger partial charge >= 0.3 is 0 Å². The summed E-state index contributed by atoms with van der Waals surface area (Å²) < 4.78 is 1.98. The van der Waals surface area contributed by atoms with Gasteiger partial charge in [0.05, 0.1) is 0 Å². The lowest BCUT2D eigenvalue weighted by Gasteiger charge is -2.12. The predicted molar refractivity (Wildman–Crippen MR) is 79.2 cm³/mol. The van der Waals surface area contributed by atoms with Crippen molar-refractivity contribution in [3.8, 4) is 0 Å². The van der Waals surface area contributed by atoms with Crippen LogP contribution in [0.2, 0.25) is 0 Å². The van der Waals surface area contributed by atoms with Crippen LogP contribution in [0.1, 0.15) is 31.2 Å². The highest BCUT2D eigenvalue weighted by atomic mass is 15.3. The van der Waals surface area contributed by atoms with Crippen molar-refractivity contribution in [2.45, 2.75) is 32.2 Å². The summed E-state index contributed by atoms with van der Waals surface area (Å²) in [7, 11) is 0. The van der Waals surface area contributed by atoms with E-state index in [4.69, 9.17) is 0 Å². The number of hydrogen-bond acceptors (Lipinski definition) is 2. The SMILES string of the molecule is CC(CCNCCCn1cccn1)c1ccccc1. The summed E-state index contributed by atoms with van der Waals surface area (Å²) in [5.74, 6) is 0.625. The summed E-state index contributed by atoms with van der Waals surface area (Å²) in [5.41, 5.74) is 1.43. The molecular formula is C16H23N3. The Labute approximate surface area is 115 Å². The highest BCUT2D eigenvalue weighted by Gasteiger charge is 2.03. The van der Waals surface area contributed by atoms with E-state index in [0.29, 0.717) is 5.92 Å². The first-order valence-electron chi connectivity index (χ1n) is 7.09. The monoisotopic (exact) mass is 257 g/mol. The van der Waals surface area contributed by atoms with Gasteiger partial charge in [-0.3, -0.25) is 4.68 Å². The van der Waals surface area contributed by atoms with Crippen molar-refractivity contribution in [2.75, 3.05) is 13.1 Å². The molecule has 0 fully saturated rings. The molecule has 1 unspecified atom stereocenters. The Kier molecular flexibility index (Phi) is 5.63. The number of benzene rings is 1. The van der Waals surface area contributed by atoms with Crippen LogP contribution in [0, 0.1) is 0 Å². The molecule has 0 bridgehead atoms. The summed E-state index contributed by atoms with van der Waals surface area (Å²) in [6, 6.07) is 12.7. The molecule has 0 radical (unpaired) electrons. The number of nitrogens with one attached hydrogen (secondary N) is 1. The van der Waals surface area contributed by atoms with Crippen LogP contribution in [0.5, 0.6) is 0 Å². The lowest BCUT2D eigenvalue weighted by molar-refractivity contribution is 0.527. The first-order valence-corrected chi connectivity index (χ1v) is 7.09. The standard InChI is InChI=1S/C16H23N3/c1-15(16-7-3-2-4-8-16)9-12-17-10-5-13-19-14-6-11-18-19/h2-4,6-8,11,14-15,17H,5,9-10,12-13H2,1H3. The summed E-state index contributed by atoms with van der Waals surface area (Å²) in [4.78, 5) is 0. The topological polar surface area (TPSA) is 29.9 Å². The van der Waals surface area contributed by atoms with Crippen LogP contribution >= 0.6 is 0 Å². The van der Waals surface area contributed by atoms with Gasteiger partial charge in [-0.15, -0.1) is 0 Å². The third-order valence-corrected chi connectivity index (χ3v) is 3.42. The van der Waals surface area contributed by atoms with Crippen molar-refractivity contribution in [2.24, 2.45) is 0 Å². The van der Waals surface area contributed by atoms with Crippen molar-refractivity contribution < 1.29 is 0 Å². The maximum atomic E-state index is 4.19. The zero-order valence-electron chi connectivity index (χ0n) is 11.6. The third-order valence-electron chi connectivity index (χ3n) is 3.42. The lowest BCUT2D eigenvalue weighted by atomic mass is 9.98. The second kappa shape index (κ2) is 7.74. The van der Waals surface area contributed by atoms with Gasteiger partial charge in [-0.05, 0) is 43.5 Å². The molecule has 0 amide bonds. The molecule has 0 saturated carbocycles.